The van der Waals surface area contributed by atoms with Crippen LogP contribution in [0.1, 0.15) is 59.9 Å². The maximum Gasteiger partial charge on any atom is 0.0714 e. The molecule has 0 spiro atoms. The Balaban J connectivity index is 1.04. The maximum absolute atomic E-state index is 2.49. The number of anilines is 3. The summed E-state index contributed by atoms with van der Waals surface area (Å²) in [6, 6.07) is 81.7. The Morgan fingerprint density at radius 2 is 0.885 bits per heavy atom. The van der Waals surface area contributed by atoms with E-state index in [-0.39, 0.29) is 0 Å². The van der Waals surface area contributed by atoms with Crippen molar-refractivity contribution in [1.29, 1.82) is 0 Å². The number of hydrogen-bond acceptors (Lipinski definition) is 1. The summed E-state index contributed by atoms with van der Waals surface area (Å²) in [6.07, 6.45) is 6.77. The lowest BCUT2D eigenvalue weighted by Crippen LogP contribution is -2.28. The van der Waals surface area contributed by atoms with Crippen LogP contribution in [0.25, 0.3) is 44.2 Å². The Hall–Kier alpha value is -6.96. The average molecular weight is 782 g/mol. The third-order valence-electron chi connectivity index (χ3n) is 14.6. The Kier molecular flexibility index (Phi) is 8.46. The van der Waals surface area contributed by atoms with Gasteiger partial charge < -0.3 is 4.90 Å². The molecule has 2 bridgehead atoms. The minimum Gasteiger partial charge on any atom is -0.310 e. The molecule has 0 atom stereocenters. The molecule has 3 aliphatic carbocycles. The van der Waals surface area contributed by atoms with Gasteiger partial charge in [0.15, 0.2) is 0 Å². The summed E-state index contributed by atoms with van der Waals surface area (Å²) in [5.41, 5.74) is 17.6. The number of hydrogen-bond donors (Lipinski definition) is 0. The normalized spacial score (nSPS) is 18.2. The van der Waals surface area contributed by atoms with E-state index in [2.05, 4.69) is 223 Å². The summed E-state index contributed by atoms with van der Waals surface area (Å²) >= 11 is 0. The zero-order chi connectivity index (χ0) is 40.4. The molecule has 1 heteroatoms. The quantitative estimate of drug-likeness (QED) is 0.148. The first-order valence-electron chi connectivity index (χ1n) is 22.1. The largest absolute Gasteiger partial charge is 0.310 e. The molecule has 1 nitrogen and oxygen atoms in total. The molecule has 2 fully saturated rings. The molecule has 2 saturated carbocycles. The molecule has 9 aromatic rings. The first-order chi connectivity index (χ1) is 30.2. The van der Waals surface area contributed by atoms with Gasteiger partial charge in [0.2, 0.25) is 0 Å². The van der Waals surface area contributed by atoms with E-state index in [9.17, 15) is 0 Å². The predicted molar refractivity (Wildman–Crippen MR) is 255 cm³/mol. The third kappa shape index (κ3) is 5.67. The van der Waals surface area contributed by atoms with Gasteiger partial charge in [-0.3, -0.25) is 0 Å². The highest BCUT2D eigenvalue weighted by atomic mass is 15.1. The molecule has 3 aliphatic rings. The van der Waals surface area contributed by atoms with Crippen molar-refractivity contribution in [2.75, 3.05) is 4.90 Å². The minimum atomic E-state index is -0.477. The number of rotatable bonds is 8. The molecular formula is C60H47N. The highest BCUT2D eigenvalue weighted by Crippen LogP contribution is 2.58. The number of fused-ring (bicyclic) bond motifs is 6. The highest BCUT2D eigenvalue weighted by Gasteiger charge is 2.47. The van der Waals surface area contributed by atoms with Crippen molar-refractivity contribution in [1.82, 2.24) is 0 Å². The number of nitrogens with zero attached hydrogens (tertiary/aromatic N) is 1. The summed E-state index contributed by atoms with van der Waals surface area (Å²) in [7, 11) is 0. The van der Waals surface area contributed by atoms with Crippen molar-refractivity contribution < 1.29 is 0 Å². The van der Waals surface area contributed by atoms with Crippen molar-refractivity contribution in [2.24, 2.45) is 5.92 Å². The molecular weight excluding hydrogens is 735 g/mol. The van der Waals surface area contributed by atoms with Gasteiger partial charge >= 0.3 is 0 Å². The Labute approximate surface area is 359 Å². The van der Waals surface area contributed by atoms with Crippen LogP contribution in [0.15, 0.2) is 218 Å². The van der Waals surface area contributed by atoms with Crippen LogP contribution in [0.4, 0.5) is 17.1 Å². The van der Waals surface area contributed by atoms with Gasteiger partial charge in [0.25, 0.3) is 0 Å². The molecule has 9 aromatic carbocycles. The molecule has 0 saturated heterocycles. The first-order valence-corrected chi connectivity index (χ1v) is 22.1. The molecule has 0 N–H and O–H groups in total. The molecule has 61 heavy (non-hydrogen) atoms. The smallest absolute Gasteiger partial charge is 0.0714 e. The van der Waals surface area contributed by atoms with Crippen LogP contribution >= 0.6 is 0 Å². The van der Waals surface area contributed by atoms with Gasteiger partial charge in [-0.1, -0.05) is 182 Å². The van der Waals surface area contributed by atoms with E-state index in [1.807, 2.05) is 0 Å². The summed E-state index contributed by atoms with van der Waals surface area (Å²) in [4.78, 5) is 2.49. The lowest BCUT2D eigenvalue weighted by atomic mass is 9.67. The summed E-state index contributed by atoms with van der Waals surface area (Å²) in [5.74, 6) is 0.908. The fourth-order valence-electron chi connectivity index (χ4n) is 11.8. The molecule has 0 amide bonds. The van der Waals surface area contributed by atoms with Crippen LogP contribution in [0.5, 0.6) is 0 Å². The van der Waals surface area contributed by atoms with Crippen LogP contribution in [-0.2, 0) is 10.8 Å². The summed E-state index contributed by atoms with van der Waals surface area (Å²) in [5, 5.41) is 2.53. The summed E-state index contributed by atoms with van der Waals surface area (Å²) < 4.78 is 0. The van der Waals surface area contributed by atoms with Crippen LogP contribution in [0.3, 0.4) is 0 Å². The highest BCUT2D eigenvalue weighted by molar-refractivity contribution is 6.06. The molecule has 0 aromatic heterocycles. The second kappa shape index (κ2) is 14.4. The van der Waals surface area contributed by atoms with E-state index < -0.39 is 5.41 Å². The zero-order valence-electron chi connectivity index (χ0n) is 34.3. The van der Waals surface area contributed by atoms with E-state index in [1.165, 1.54) is 110 Å². The van der Waals surface area contributed by atoms with Gasteiger partial charge in [0.05, 0.1) is 5.41 Å². The third-order valence-corrected chi connectivity index (χ3v) is 14.6. The van der Waals surface area contributed by atoms with Crippen LogP contribution in [0.2, 0.25) is 0 Å². The zero-order valence-corrected chi connectivity index (χ0v) is 34.3. The Morgan fingerprint density at radius 1 is 0.377 bits per heavy atom. The molecule has 292 valence electrons. The van der Waals surface area contributed by atoms with Crippen LogP contribution in [-0.4, -0.2) is 0 Å². The van der Waals surface area contributed by atoms with E-state index in [1.54, 1.807) is 0 Å². The van der Waals surface area contributed by atoms with Crippen LogP contribution in [0, 0.1) is 5.92 Å². The van der Waals surface area contributed by atoms with Gasteiger partial charge in [-0.15, -0.1) is 0 Å². The molecule has 0 aliphatic heterocycles. The van der Waals surface area contributed by atoms with E-state index in [4.69, 9.17) is 0 Å². The summed E-state index contributed by atoms with van der Waals surface area (Å²) in [6.45, 7) is 0. The Morgan fingerprint density at radius 3 is 1.49 bits per heavy atom. The van der Waals surface area contributed by atoms with Gasteiger partial charge in [0.1, 0.15) is 0 Å². The molecule has 0 radical (unpaired) electrons. The van der Waals surface area contributed by atoms with Crippen molar-refractivity contribution in [3.05, 3.63) is 246 Å². The first kappa shape index (κ1) is 35.9. The second-order valence-electron chi connectivity index (χ2n) is 17.7. The minimum absolute atomic E-state index is 0.358. The molecule has 12 rings (SSSR count). The standard InChI is InChI=1S/C60H47N/c1-4-14-43(15-5-1)52-23-12-16-45-17-13-24-53(58(45)52)44-26-30-49(31-27-44)61(50-32-28-46(29-33-50)59-38-36-42(41-59)37-39-59)51-34-35-55-54-22-10-11-25-56(54)60(57(55)40-51,47-18-6-2-7-19-47)48-20-8-3-9-21-48/h1-35,40,42H,36-39,41H2. The van der Waals surface area contributed by atoms with Crippen molar-refractivity contribution in [3.8, 4) is 33.4 Å². The van der Waals surface area contributed by atoms with E-state index in [0.717, 1.165) is 17.3 Å². The van der Waals surface area contributed by atoms with Gasteiger partial charge in [-0.2, -0.15) is 0 Å². The van der Waals surface area contributed by atoms with Gasteiger partial charge in [-0.25, -0.2) is 0 Å². The lowest BCUT2D eigenvalue weighted by Gasteiger charge is -2.35. The predicted octanol–water partition coefficient (Wildman–Crippen LogP) is 15.8. The van der Waals surface area contributed by atoms with Gasteiger partial charge in [-0.05, 0) is 152 Å². The topological polar surface area (TPSA) is 3.24 Å². The molecule has 0 heterocycles. The van der Waals surface area contributed by atoms with Crippen molar-refractivity contribution in [2.45, 2.75) is 42.9 Å². The van der Waals surface area contributed by atoms with Crippen LogP contribution < -0.4 is 4.90 Å². The van der Waals surface area contributed by atoms with Gasteiger partial charge in [0, 0.05) is 17.1 Å². The number of benzene rings is 9. The fourth-order valence-corrected chi connectivity index (χ4v) is 11.8. The average Bonchev–Trinajstić information content (AvgIpc) is 4.05. The van der Waals surface area contributed by atoms with E-state index in [0.29, 0.717) is 5.41 Å². The fraction of sp³-hybridized carbons (Fsp3) is 0.133. The maximum atomic E-state index is 2.49. The molecule has 0 unspecified atom stereocenters. The second-order valence-corrected chi connectivity index (χ2v) is 17.7. The monoisotopic (exact) mass is 781 g/mol. The van der Waals surface area contributed by atoms with E-state index >= 15 is 0 Å². The van der Waals surface area contributed by atoms with Crippen molar-refractivity contribution in [3.63, 3.8) is 0 Å². The lowest BCUT2D eigenvalue weighted by molar-refractivity contribution is 0.419. The Bertz CT molecular complexity index is 2990. The van der Waals surface area contributed by atoms with Crippen molar-refractivity contribution >= 4 is 27.8 Å². The SMILES string of the molecule is c1ccc(-c2cccc3cccc(-c4ccc(N(c5ccc(C67CCC(CC6)C7)cc5)c5ccc6c(c5)C(c5ccccc5)(c5ccccc5)c5ccccc5-6)cc4)c23)cc1.